The van der Waals surface area contributed by atoms with Crippen molar-refractivity contribution in [3.63, 3.8) is 0 Å². The lowest BCUT2D eigenvalue weighted by Crippen LogP contribution is -2.42. The van der Waals surface area contributed by atoms with E-state index >= 15 is 0 Å². The minimum absolute atomic E-state index is 0.0873. The number of H-pyrrole nitrogens is 1. The van der Waals surface area contributed by atoms with Crippen LogP contribution < -0.4 is 16.4 Å². The maximum atomic E-state index is 13.5. The highest BCUT2D eigenvalue weighted by molar-refractivity contribution is 6.36. The summed E-state index contributed by atoms with van der Waals surface area (Å²) in [5, 5.41) is 6.14. The predicted molar refractivity (Wildman–Crippen MR) is 93.7 cm³/mol. The van der Waals surface area contributed by atoms with Gasteiger partial charge in [0.05, 0.1) is 21.0 Å². The average Bonchev–Trinajstić information content (AvgIpc) is 2.63. The molecule has 2 aromatic carbocycles. The Morgan fingerprint density at radius 2 is 1.65 bits per heavy atom. The van der Waals surface area contributed by atoms with Gasteiger partial charge in [-0.25, -0.2) is 9.49 Å². The second kappa shape index (κ2) is 7.11. The summed E-state index contributed by atoms with van der Waals surface area (Å²) in [4.78, 5) is 36.1. The summed E-state index contributed by atoms with van der Waals surface area (Å²) < 4.78 is 13.5. The standard InChI is InChI=1S/C16H9Cl2FN4O3/c17-10-6-11(18)12(19)5-9(10)15(25)22-23-16(26)13-7-3-1-2-4-8(7)14(24)21-20-13/h1-6H,(H,21,24)(H,22,25)(H,23,26). The van der Waals surface area contributed by atoms with E-state index in [0.717, 1.165) is 12.1 Å². The van der Waals surface area contributed by atoms with Crippen LogP contribution in [0, 0.1) is 5.82 Å². The van der Waals surface area contributed by atoms with Gasteiger partial charge in [-0.3, -0.25) is 25.2 Å². The van der Waals surface area contributed by atoms with Crippen molar-refractivity contribution in [1.29, 1.82) is 0 Å². The number of fused-ring (bicyclic) bond motifs is 1. The van der Waals surface area contributed by atoms with E-state index in [4.69, 9.17) is 23.2 Å². The fourth-order valence-electron chi connectivity index (χ4n) is 2.22. The molecule has 0 unspecified atom stereocenters. The van der Waals surface area contributed by atoms with Crippen LogP contribution in [-0.4, -0.2) is 22.0 Å². The predicted octanol–water partition coefficient (Wildman–Crippen LogP) is 2.44. The minimum Gasteiger partial charge on any atom is -0.267 e. The fourth-order valence-corrected chi connectivity index (χ4v) is 2.69. The molecule has 0 spiro atoms. The van der Waals surface area contributed by atoms with Crippen LogP contribution in [0.15, 0.2) is 41.2 Å². The first-order valence-corrected chi connectivity index (χ1v) is 7.86. The summed E-state index contributed by atoms with van der Waals surface area (Å²) in [6, 6.07) is 8.26. The molecule has 3 rings (SSSR count). The van der Waals surface area contributed by atoms with Crippen LogP contribution >= 0.6 is 23.2 Å². The number of hydrazine groups is 1. The molecule has 0 saturated carbocycles. The van der Waals surface area contributed by atoms with Crippen LogP contribution in [0.1, 0.15) is 20.8 Å². The van der Waals surface area contributed by atoms with Gasteiger partial charge in [0.1, 0.15) is 5.82 Å². The van der Waals surface area contributed by atoms with Gasteiger partial charge >= 0.3 is 0 Å². The first kappa shape index (κ1) is 17.8. The van der Waals surface area contributed by atoms with E-state index in [1.165, 1.54) is 6.07 Å². The Balaban J connectivity index is 1.82. The van der Waals surface area contributed by atoms with E-state index in [9.17, 15) is 18.8 Å². The first-order valence-electron chi connectivity index (χ1n) is 7.11. The zero-order valence-electron chi connectivity index (χ0n) is 12.8. The molecule has 0 fully saturated rings. The minimum atomic E-state index is -0.854. The molecule has 0 aliphatic heterocycles. The third-order valence-electron chi connectivity index (χ3n) is 3.46. The summed E-state index contributed by atoms with van der Waals surface area (Å²) in [6.07, 6.45) is 0. The quantitative estimate of drug-likeness (QED) is 0.458. The van der Waals surface area contributed by atoms with Gasteiger partial charge in [-0.1, -0.05) is 41.4 Å². The van der Waals surface area contributed by atoms with E-state index in [1.807, 2.05) is 0 Å². The number of rotatable bonds is 2. The zero-order valence-corrected chi connectivity index (χ0v) is 14.3. The van der Waals surface area contributed by atoms with Gasteiger partial charge in [-0.2, -0.15) is 5.10 Å². The molecule has 7 nitrogen and oxygen atoms in total. The molecule has 3 aromatic rings. The molecule has 3 N–H and O–H groups in total. The molecule has 1 heterocycles. The van der Waals surface area contributed by atoms with Crippen molar-refractivity contribution in [3.05, 3.63) is 73.9 Å². The van der Waals surface area contributed by atoms with Crippen LogP contribution in [0.25, 0.3) is 10.8 Å². The second-order valence-electron chi connectivity index (χ2n) is 5.10. The van der Waals surface area contributed by atoms with Crippen LogP contribution in [0.5, 0.6) is 0 Å². The van der Waals surface area contributed by atoms with E-state index < -0.39 is 23.2 Å². The lowest BCUT2D eigenvalue weighted by atomic mass is 10.1. The summed E-state index contributed by atoms with van der Waals surface area (Å²) >= 11 is 11.4. The number of aromatic nitrogens is 2. The number of carbonyl (C=O) groups is 2. The molecule has 0 aliphatic carbocycles. The number of nitrogens with one attached hydrogen (secondary N) is 3. The van der Waals surface area contributed by atoms with Crippen LogP contribution in [-0.2, 0) is 0 Å². The normalized spacial score (nSPS) is 10.6. The zero-order chi connectivity index (χ0) is 18.8. The number of carbonyl (C=O) groups excluding carboxylic acids is 2. The molecule has 1 aromatic heterocycles. The molecule has 0 atom stereocenters. The van der Waals surface area contributed by atoms with Crippen LogP contribution in [0.4, 0.5) is 4.39 Å². The van der Waals surface area contributed by atoms with Gasteiger partial charge in [0, 0.05) is 5.39 Å². The molecular weight excluding hydrogens is 386 g/mol. The molecule has 0 bridgehead atoms. The average molecular weight is 395 g/mol. The van der Waals surface area contributed by atoms with Crippen molar-refractivity contribution in [2.24, 2.45) is 0 Å². The molecule has 0 radical (unpaired) electrons. The SMILES string of the molecule is O=C(NNC(=O)c1n[nH]c(=O)c2ccccc12)c1cc(F)c(Cl)cc1Cl. The third-order valence-corrected chi connectivity index (χ3v) is 4.06. The number of aromatic amines is 1. The fraction of sp³-hybridized carbons (Fsp3) is 0. The monoisotopic (exact) mass is 394 g/mol. The topological polar surface area (TPSA) is 104 Å². The largest absolute Gasteiger partial charge is 0.290 e. The van der Waals surface area contributed by atoms with E-state index in [2.05, 4.69) is 21.0 Å². The van der Waals surface area contributed by atoms with Crippen molar-refractivity contribution in [3.8, 4) is 0 Å². The number of hydrogen-bond donors (Lipinski definition) is 3. The number of amides is 2. The Hall–Kier alpha value is -2.97. The van der Waals surface area contributed by atoms with Gasteiger partial charge in [0.2, 0.25) is 0 Å². The number of halogens is 3. The van der Waals surface area contributed by atoms with E-state index in [0.29, 0.717) is 5.39 Å². The maximum Gasteiger partial charge on any atom is 0.290 e. The highest BCUT2D eigenvalue weighted by Gasteiger charge is 2.17. The Labute approximate surface area is 155 Å². The molecule has 2 amide bonds. The molecule has 132 valence electrons. The van der Waals surface area contributed by atoms with E-state index in [-0.39, 0.29) is 26.7 Å². The highest BCUT2D eigenvalue weighted by Crippen LogP contribution is 2.24. The highest BCUT2D eigenvalue weighted by atomic mass is 35.5. The Morgan fingerprint density at radius 1 is 1.00 bits per heavy atom. The van der Waals surface area contributed by atoms with Gasteiger partial charge in [-0.05, 0) is 18.2 Å². The second-order valence-corrected chi connectivity index (χ2v) is 5.92. The Kier molecular flexibility index (Phi) is 4.88. The van der Waals surface area contributed by atoms with E-state index in [1.54, 1.807) is 18.2 Å². The van der Waals surface area contributed by atoms with Gasteiger partial charge in [0.25, 0.3) is 17.4 Å². The van der Waals surface area contributed by atoms with Crippen molar-refractivity contribution in [2.75, 3.05) is 0 Å². The lowest BCUT2D eigenvalue weighted by Gasteiger charge is -2.09. The summed E-state index contributed by atoms with van der Waals surface area (Å²) in [5.74, 6) is -2.47. The van der Waals surface area contributed by atoms with Crippen LogP contribution in [0.2, 0.25) is 10.0 Å². The number of hydrogen-bond acceptors (Lipinski definition) is 4. The van der Waals surface area contributed by atoms with Crippen molar-refractivity contribution in [2.45, 2.75) is 0 Å². The molecule has 0 aliphatic rings. The molecule has 0 saturated heterocycles. The summed E-state index contributed by atoms with van der Waals surface area (Å²) in [7, 11) is 0. The summed E-state index contributed by atoms with van der Waals surface area (Å²) in [6.45, 7) is 0. The van der Waals surface area contributed by atoms with Crippen molar-refractivity contribution in [1.82, 2.24) is 21.0 Å². The van der Waals surface area contributed by atoms with Gasteiger partial charge < -0.3 is 0 Å². The Morgan fingerprint density at radius 3 is 2.38 bits per heavy atom. The number of benzene rings is 2. The first-order chi connectivity index (χ1) is 12.4. The molecule has 26 heavy (non-hydrogen) atoms. The van der Waals surface area contributed by atoms with Crippen molar-refractivity contribution >= 4 is 45.8 Å². The van der Waals surface area contributed by atoms with Crippen LogP contribution in [0.3, 0.4) is 0 Å². The van der Waals surface area contributed by atoms with Gasteiger partial charge in [0.15, 0.2) is 5.69 Å². The smallest absolute Gasteiger partial charge is 0.267 e. The third kappa shape index (κ3) is 3.37. The lowest BCUT2D eigenvalue weighted by molar-refractivity contribution is 0.0844. The van der Waals surface area contributed by atoms with Crippen molar-refractivity contribution < 1.29 is 14.0 Å². The van der Waals surface area contributed by atoms with Gasteiger partial charge in [-0.15, -0.1) is 0 Å². The summed E-state index contributed by atoms with van der Waals surface area (Å²) in [5.41, 5.74) is 3.46. The molecule has 10 heteroatoms. The Bertz CT molecular complexity index is 1100. The number of nitrogens with zero attached hydrogens (tertiary/aromatic N) is 1. The molecular formula is C16H9Cl2FN4O3. The maximum absolute atomic E-state index is 13.5.